The van der Waals surface area contributed by atoms with Crippen molar-refractivity contribution in [2.75, 3.05) is 5.32 Å². The van der Waals surface area contributed by atoms with E-state index >= 15 is 0 Å². The monoisotopic (exact) mass is 206 g/mol. The van der Waals surface area contributed by atoms with Crippen molar-refractivity contribution in [3.63, 3.8) is 0 Å². The number of para-hydroxylation sites is 1. The predicted molar refractivity (Wildman–Crippen MR) is 64.7 cm³/mol. The molecule has 0 saturated heterocycles. The number of benzene rings is 1. The summed E-state index contributed by atoms with van der Waals surface area (Å²) in [6.07, 6.45) is 0. The predicted octanol–water partition coefficient (Wildman–Crippen LogP) is 1.63. The summed E-state index contributed by atoms with van der Waals surface area (Å²) < 4.78 is 0. The van der Waals surface area contributed by atoms with E-state index in [1.54, 1.807) is 0 Å². The van der Waals surface area contributed by atoms with Crippen LogP contribution >= 0.6 is 0 Å². The number of nitrogens with zero attached hydrogens (tertiary/aromatic N) is 1. The van der Waals surface area contributed by atoms with E-state index in [0.29, 0.717) is 5.96 Å². The number of nitrogens with two attached hydrogens (primary N) is 1. The lowest BCUT2D eigenvalue weighted by Gasteiger charge is -2.12. The summed E-state index contributed by atoms with van der Waals surface area (Å²) in [6, 6.07) is 8.19. The highest BCUT2D eigenvalue weighted by molar-refractivity contribution is 5.93. The minimum atomic E-state index is 0.201. The largest absolute Gasteiger partial charge is 0.325 e. The molecule has 0 unspecified atom stereocenters. The number of rotatable bonds is 2. The van der Waals surface area contributed by atoms with Gasteiger partial charge in [0.2, 0.25) is 5.96 Å². The fourth-order valence-electron chi connectivity index (χ4n) is 1.20. The molecule has 1 aromatic rings. The van der Waals surface area contributed by atoms with Crippen LogP contribution in [0.3, 0.4) is 0 Å². The first-order valence-corrected chi connectivity index (χ1v) is 5.00. The topological polar surface area (TPSA) is 62.4 Å². The average molecular weight is 206 g/mol. The lowest BCUT2D eigenvalue weighted by molar-refractivity contribution is 0.819. The van der Waals surface area contributed by atoms with Crippen LogP contribution < -0.4 is 16.6 Å². The second kappa shape index (κ2) is 5.36. The van der Waals surface area contributed by atoms with Crippen LogP contribution in [0.4, 0.5) is 5.69 Å². The molecule has 15 heavy (non-hydrogen) atoms. The Kier molecular flexibility index (Phi) is 4.12. The Labute approximate surface area is 90.6 Å². The van der Waals surface area contributed by atoms with Crippen LogP contribution in [-0.2, 0) is 0 Å². The second-order valence-electron chi connectivity index (χ2n) is 3.66. The van der Waals surface area contributed by atoms with Crippen LogP contribution in [0.2, 0.25) is 0 Å². The summed E-state index contributed by atoms with van der Waals surface area (Å²) in [5.41, 5.74) is 4.71. The molecule has 4 nitrogen and oxygen atoms in total. The molecule has 0 aliphatic heterocycles. The Morgan fingerprint density at radius 3 is 2.53 bits per heavy atom. The summed E-state index contributed by atoms with van der Waals surface area (Å²) >= 11 is 0. The van der Waals surface area contributed by atoms with Crippen molar-refractivity contribution in [2.45, 2.75) is 26.8 Å². The summed E-state index contributed by atoms with van der Waals surface area (Å²) in [7, 11) is 0. The standard InChI is InChI=1S/C11H18N4/c1-8(2)13-11(15-12)14-10-7-5-4-6-9(10)3/h4-8H,12H2,1-3H3,(H2,13,14,15). The number of aryl methyl sites for hydroxylation is 1. The van der Waals surface area contributed by atoms with Gasteiger partial charge >= 0.3 is 0 Å². The van der Waals surface area contributed by atoms with Crippen LogP contribution in [0.5, 0.6) is 0 Å². The van der Waals surface area contributed by atoms with Crippen LogP contribution in [0.1, 0.15) is 19.4 Å². The highest BCUT2D eigenvalue weighted by atomic mass is 15.3. The molecule has 0 heterocycles. The lowest BCUT2D eigenvalue weighted by Crippen LogP contribution is -2.37. The zero-order valence-electron chi connectivity index (χ0n) is 9.41. The molecule has 0 bridgehead atoms. The minimum Gasteiger partial charge on any atom is -0.325 e. The van der Waals surface area contributed by atoms with Crippen LogP contribution in [0.25, 0.3) is 0 Å². The number of hydrogen-bond donors (Lipinski definition) is 3. The SMILES string of the molecule is Cc1ccccc1NC(=NC(C)C)NN. The normalized spacial score (nSPS) is 11.7. The van der Waals surface area contributed by atoms with E-state index in [1.165, 1.54) is 0 Å². The number of hydrogen-bond acceptors (Lipinski definition) is 2. The first-order chi connectivity index (χ1) is 7.13. The zero-order valence-corrected chi connectivity index (χ0v) is 9.41. The van der Waals surface area contributed by atoms with Gasteiger partial charge in [0.15, 0.2) is 0 Å². The molecule has 4 heteroatoms. The molecule has 0 fully saturated rings. The van der Waals surface area contributed by atoms with E-state index < -0.39 is 0 Å². The molecule has 0 radical (unpaired) electrons. The number of aliphatic imine (C=N–C) groups is 1. The van der Waals surface area contributed by atoms with Crippen molar-refractivity contribution < 1.29 is 0 Å². The molecule has 0 aliphatic carbocycles. The Bertz CT molecular complexity index is 344. The number of guanidine groups is 1. The summed E-state index contributed by atoms with van der Waals surface area (Å²) in [6.45, 7) is 6.03. The van der Waals surface area contributed by atoms with Gasteiger partial charge in [0.05, 0.1) is 0 Å². The molecule has 1 rings (SSSR count). The van der Waals surface area contributed by atoms with Crippen LogP contribution in [0.15, 0.2) is 29.3 Å². The van der Waals surface area contributed by atoms with Crippen molar-refractivity contribution in [1.29, 1.82) is 0 Å². The average Bonchev–Trinajstić information content (AvgIpc) is 2.19. The maximum atomic E-state index is 5.38. The van der Waals surface area contributed by atoms with Crippen LogP contribution in [-0.4, -0.2) is 12.0 Å². The van der Waals surface area contributed by atoms with Gasteiger partial charge in [0.1, 0.15) is 0 Å². The van der Waals surface area contributed by atoms with E-state index in [1.807, 2.05) is 45.0 Å². The maximum Gasteiger partial charge on any atom is 0.210 e. The molecule has 4 N–H and O–H groups in total. The van der Waals surface area contributed by atoms with Crippen molar-refractivity contribution in [3.05, 3.63) is 29.8 Å². The van der Waals surface area contributed by atoms with E-state index in [0.717, 1.165) is 11.3 Å². The Balaban J connectivity index is 2.80. The summed E-state index contributed by atoms with van der Waals surface area (Å²) in [5.74, 6) is 5.96. The molecule has 0 spiro atoms. The molecule has 0 aromatic heterocycles. The highest BCUT2D eigenvalue weighted by Crippen LogP contribution is 2.12. The molecule has 0 atom stereocenters. The van der Waals surface area contributed by atoms with Crippen molar-refractivity contribution in [3.8, 4) is 0 Å². The van der Waals surface area contributed by atoms with Crippen LogP contribution in [0, 0.1) is 6.92 Å². The summed E-state index contributed by atoms with van der Waals surface area (Å²) in [4.78, 5) is 4.30. The molecular weight excluding hydrogens is 188 g/mol. The number of nitrogens with one attached hydrogen (secondary N) is 2. The van der Waals surface area contributed by atoms with Gasteiger partial charge in [-0.05, 0) is 32.4 Å². The van der Waals surface area contributed by atoms with Gasteiger partial charge < -0.3 is 5.32 Å². The van der Waals surface area contributed by atoms with Gasteiger partial charge in [-0.3, -0.25) is 5.43 Å². The molecule has 0 amide bonds. The Morgan fingerprint density at radius 1 is 1.33 bits per heavy atom. The zero-order chi connectivity index (χ0) is 11.3. The van der Waals surface area contributed by atoms with Crippen molar-refractivity contribution in [1.82, 2.24) is 5.43 Å². The quantitative estimate of drug-likeness (QED) is 0.298. The lowest BCUT2D eigenvalue weighted by atomic mass is 10.2. The number of hydrazine groups is 1. The minimum absolute atomic E-state index is 0.201. The van der Waals surface area contributed by atoms with E-state index in [9.17, 15) is 0 Å². The van der Waals surface area contributed by atoms with Gasteiger partial charge in [-0.15, -0.1) is 0 Å². The van der Waals surface area contributed by atoms with Gasteiger partial charge in [-0.25, -0.2) is 10.8 Å². The first kappa shape index (κ1) is 11.5. The van der Waals surface area contributed by atoms with E-state index in [2.05, 4.69) is 15.7 Å². The highest BCUT2D eigenvalue weighted by Gasteiger charge is 2.00. The van der Waals surface area contributed by atoms with E-state index in [4.69, 9.17) is 5.84 Å². The van der Waals surface area contributed by atoms with Gasteiger partial charge in [-0.2, -0.15) is 0 Å². The fraction of sp³-hybridized carbons (Fsp3) is 0.364. The summed E-state index contributed by atoms with van der Waals surface area (Å²) in [5, 5.41) is 3.14. The third kappa shape index (κ3) is 3.59. The van der Waals surface area contributed by atoms with E-state index in [-0.39, 0.29) is 6.04 Å². The fourth-order valence-corrected chi connectivity index (χ4v) is 1.20. The number of anilines is 1. The molecule has 82 valence electrons. The Hall–Kier alpha value is -1.55. The molecule has 0 saturated carbocycles. The third-order valence-electron chi connectivity index (χ3n) is 1.92. The molecular formula is C11H18N4. The maximum absolute atomic E-state index is 5.38. The van der Waals surface area contributed by atoms with Gasteiger partial charge in [0, 0.05) is 11.7 Å². The molecule has 1 aromatic carbocycles. The van der Waals surface area contributed by atoms with Gasteiger partial charge in [-0.1, -0.05) is 18.2 Å². The molecule has 0 aliphatic rings. The van der Waals surface area contributed by atoms with Gasteiger partial charge in [0.25, 0.3) is 0 Å². The Morgan fingerprint density at radius 2 is 2.00 bits per heavy atom. The van der Waals surface area contributed by atoms with Crippen molar-refractivity contribution in [2.24, 2.45) is 10.8 Å². The second-order valence-corrected chi connectivity index (χ2v) is 3.66. The third-order valence-corrected chi connectivity index (χ3v) is 1.92. The smallest absolute Gasteiger partial charge is 0.210 e. The first-order valence-electron chi connectivity index (χ1n) is 5.00. The van der Waals surface area contributed by atoms with Crippen molar-refractivity contribution >= 4 is 11.6 Å².